The molecule has 2 aromatic rings. The monoisotopic (exact) mass is 436 g/mol. The highest BCUT2D eigenvalue weighted by molar-refractivity contribution is 6.46. The Morgan fingerprint density at radius 2 is 1.81 bits per heavy atom. The molecule has 6 nitrogen and oxygen atoms in total. The van der Waals surface area contributed by atoms with Crippen molar-refractivity contribution in [2.75, 3.05) is 33.8 Å². The summed E-state index contributed by atoms with van der Waals surface area (Å²) in [5.41, 5.74) is 2.53. The van der Waals surface area contributed by atoms with Gasteiger partial charge in [0.05, 0.1) is 18.2 Å². The van der Waals surface area contributed by atoms with Crippen LogP contribution in [0.1, 0.15) is 49.4 Å². The summed E-state index contributed by atoms with van der Waals surface area (Å²) in [5, 5.41) is 11.2. The highest BCUT2D eigenvalue weighted by atomic mass is 16.5. The first kappa shape index (κ1) is 23.5. The molecule has 1 fully saturated rings. The first-order valence-electron chi connectivity index (χ1n) is 11.0. The Balaban J connectivity index is 2.12. The average Bonchev–Trinajstić information content (AvgIpc) is 3.02. The fraction of sp³-hybridized carbons (Fsp3) is 0.385. The first-order valence-corrected chi connectivity index (χ1v) is 11.0. The predicted molar refractivity (Wildman–Crippen MR) is 126 cm³/mol. The molecule has 2 aromatic carbocycles. The minimum absolute atomic E-state index is 0.111. The van der Waals surface area contributed by atoms with E-state index in [2.05, 4.69) is 13.8 Å². The van der Waals surface area contributed by atoms with Gasteiger partial charge >= 0.3 is 0 Å². The second-order valence-corrected chi connectivity index (χ2v) is 8.58. The number of aliphatic hydroxyl groups is 1. The lowest BCUT2D eigenvalue weighted by Gasteiger charge is -2.27. The number of nitrogens with zero attached hydrogens (tertiary/aromatic N) is 2. The number of Topliss-reactive ketones (excluding diaryl/α,β-unsaturated/α-hetero) is 1. The van der Waals surface area contributed by atoms with Crippen molar-refractivity contribution in [2.45, 2.75) is 32.7 Å². The van der Waals surface area contributed by atoms with E-state index < -0.39 is 17.7 Å². The van der Waals surface area contributed by atoms with Gasteiger partial charge in [-0.2, -0.15) is 0 Å². The fourth-order valence-electron chi connectivity index (χ4n) is 3.88. The molecule has 1 saturated heterocycles. The molecule has 6 heteroatoms. The minimum Gasteiger partial charge on any atom is -0.507 e. The zero-order valence-corrected chi connectivity index (χ0v) is 19.5. The molecule has 1 amide bonds. The summed E-state index contributed by atoms with van der Waals surface area (Å²) in [6.45, 7) is 7.58. The number of benzene rings is 2. The molecule has 32 heavy (non-hydrogen) atoms. The smallest absolute Gasteiger partial charge is 0.295 e. The number of amides is 1. The van der Waals surface area contributed by atoms with Gasteiger partial charge in [0.1, 0.15) is 11.5 Å². The molecule has 0 aromatic heterocycles. The molecule has 1 heterocycles. The molecular weight excluding hydrogens is 404 g/mol. The standard InChI is InChI=1S/C26H32N2O4/c1-6-32-21-9-7-8-20(16-21)24(29)22-23(19-12-10-18(11-13-19)17(2)3)28(15-14-27(4)5)26(31)25(22)30/h7-13,16-17,23,29H,6,14-15H2,1-5H3. The number of hydrogen-bond donors (Lipinski definition) is 1. The van der Waals surface area contributed by atoms with E-state index in [0.29, 0.717) is 36.9 Å². The van der Waals surface area contributed by atoms with Crippen molar-refractivity contribution in [2.24, 2.45) is 0 Å². The third kappa shape index (κ3) is 4.86. The quantitative estimate of drug-likeness (QED) is 0.382. The lowest BCUT2D eigenvalue weighted by molar-refractivity contribution is -0.140. The van der Waals surface area contributed by atoms with Crippen molar-refractivity contribution in [3.63, 3.8) is 0 Å². The van der Waals surface area contributed by atoms with E-state index in [-0.39, 0.29) is 11.3 Å². The Morgan fingerprint density at radius 3 is 2.41 bits per heavy atom. The topological polar surface area (TPSA) is 70.1 Å². The molecule has 3 rings (SSSR count). The normalized spacial score (nSPS) is 18.1. The number of hydrogen-bond acceptors (Lipinski definition) is 5. The van der Waals surface area contributed by atoms with Crippen LogP contribution >= 0.6 is 0 Å². The number of aliphatic hydroxyl groups excluding tert-OH is 1. The van der Waals surface area contributed by atoms with Crippen LogP contribution < -0.4 is 4.74 Å². The van der Waals surface area contributed by atoms with E-state index in [1.54, 1.807) is 29.2 Å². The molecule has 1 aliphatic heterocycles. The van der Waals surface area contributed by atoms with Gasteiger partial charge in [-0.05, 0) is 50.2 Å². The van der Waals surface area contributed by atoms with Gasteiger partial charge in [0.25, 0.3) is 11.7 Å². The Kier molecular flexibility index (Phi) is 7.36. The Hall–Kier alpha value is -3.12. The molecule has 0 bridgehead atoms. The molecule has 1 unspecified atom stereocenters. The van der Waals surface area contributed by atoms with E-state index in [1.165, 1.54) is 5.56 Å². The fourth-order valence-corrected chi connectivity index (χ4v) is 3.88. The van der Waals surface area contributed by atoms with Crippen LogP contribution in [0.15, 0.2) is 54.1 Å². The van der Waals surface area contributed by atoms with Gasteiger partial charge in [-0.1, -0.05) is 50.2 Å². The Bertz CT molecular complexity index is 1010. The molecule has 1 N–H and O–H groups in total. The molecule has 0 radical (unpaired) electrons. The van der Waals surface area contributed by atoms with Crippen LogP contribution in [0.2, 0.25) is 0 Å². The second kappa shape index (κ2) is 10.0. The van der Waals surface area contributed by atoms with Gasteiger partial charge < -0.3 is 19.6 Å². The molecule has 0 saturated carbocycles. The number of likely N-dealkylation sites (tertiary alicyclic amines) is 1. The third-order valence-corrected chi connectivity index (χ3v) is 5.67. The van der Waals surface area contributed by atoms with Crippen molar-refractivity contribution < 1.29 is 19.4 Å². The van der Waals surface area contributed by atoms with Crippen molar-refractivity contribution in [3.05, 3.63) is 70.8 Å². The molecule has 0 spiro atoms. The molecular formula is C26H32N2O4. The van der Waals surface area contributed by atoms with E-state index in [1.807, 2.05) is 50.2 Å². The first-order chi connectivity index (χ1) is 15.2. The highest BCUT2D eigenvalue weighted by Gasteiger charge is 2.45. The van der Waals surface area contributed by atoms with E-state index >= 15 is 0 Å². The summed E-state index contributed by atoms with van der Waals surface area (Å²) >= 11 is 0. The third-order valence-electron chi connectivity index (χ3n) is 5.67. The van der Waals surface area contributed by atoms with Crippen molar-refractivity contribution in [1.29, 1.82) is 0 Å². The van der Waals surface area contributed by atoms with Crippen LogP contribution in [-0.4, -0.2) is 60.4 Å². The molecule has 1 aliphatic rings. The molecule has 170 valence electrons. The second-order valence-electron chi connectivity index (χ2n) is 8.58. The summed E-state index contributed by atoms with van der Waals surface area (Å²) in [6, 6.07) is 14.2. The molecule has 1 atom stereocenters. The van der Waals surface area contributed by atoms with Crippen LogP contribution in [-0.2, 0) is 9.59 Å². The van der Waals surface area contributed by atoms with Gasteiger partial charge in [0.15, 0.2) is 0 Å². The van der Waals surface area contributed by atoms with Crippen molar-refractivity contribution in [3.8, 4) is 5.75 Å². The maximum Gasteiger partial charge on any atom is 0.295 e. The van der Waals surface area contributed by atoms with Crippen LogP contribution in [0, 0.1) is 0 Å². The molecule has 0 aliphatic carbocycles. The van der Waals surface area contributed by atoms with Crippen molar-refractivity contribution >= 4 is 17.4 Å². The van der Waals surface area contributed by atoms with E-state index in [9.17, 15) is 14.7 Å². The zero-order chi connectivity index (χ0) is 23.4. The van der Waals surface area contributed by atoms with Gasteiger partial charge in [-0.3, -0.25) is 9.59 Å². The van der Waals surface area contributed by atoms with E-state index in [0.717, 1.165) is 5.56 Å². The number of carbonyl (C=O) groups is 2. The van der Waals surface area contributed by atoms with Crippen molar-refractivity contribution in [1.82, 2.24) is 9.80 Å². The number of ether oxygens (including phenoxy) is 1. The number of carbonyl (C=O) groups excluding carboxylic acids is 2. The summed E-state index contributed by atoms with van der Waals surface area (Å²) in [6.07, 6.45) is 0. The van der Waals surface area contributed by atoms with Gasteiger partial charge in [-0.25, -0.2) is 0 Å². The number of rotatable bonds is 8. The van der Waals surface area contributed by atoms with Gasteiger partial charge in [-0.15, -0.1) is 0 Å². The van der Waals surface area contributed by atoms with Crippen LogP contribution in [0.4, 0.5) is 0 Å². The van der Waals surface area contributed by atoms with Crippen LogP contribution in [0.5, 0.6) is 5.75 Å². The summed E-state index contributed by atoms with van der Waals surface area (Å²) in [5.74, 6) is -0.481. The SMILES string of the molecule is CCOc1cccc(C(O)=C2C(=O)C(=O)N(CCN(C)C)C2c2ccc(C(C)C)cc2)c1. The lowest BCUT2D eigenvalue weighted by atomic mass is 9.93. The summed E-state index contributed by atoms with van der Waals surface area (Å²) < 4.78 is 5.54. The highest BCUT2D eigenvalue weighted by Crippen LogP contribution is 2.40. The Morgan fingerprint density at radius 1 is 1.12 bits per heavy atom. The van der Waals surface area contributed by atoms with Crippen LogP contribution in [0.3, 0.4) is 0 Å². The Labute approximate surface area is 190 Å². The minimum atomic E-state index is -0.666. The van der Waals surface area contributed by atoms with E-state index in [4.69, 9.17) is 4.74 Å². The number of ketones is 1. The average molecular weight is 437 g/mol. The number of likely N-dealkylation sites (N-methyl/N-ethyl adjacent to an activating group) is 1. The zero-order valence-electron chi connectivity index (χ0n) is 19.5. The maximum absolute atomic E-state index is 13.1. The largest absolute Gasteiger partial charge is 0.507 e. The van der Waals surface area contributed by atoms with Gasteiger partial charge in [0.2, 0.25) is 0 Å². The maximum atomic E-state index is 13.1. The van der Waals surface area contributed by atoms with Crippen LogP contribution in [0.25, 0.3) is 5.76 Å². The summed E-state index contributed by atoms with van der Waals surface area (Å²) in [4.78, 5) is 29.6. The van der Waals surface area contributed by atoms with Gasteiger partial charge in [0, 0.05) is 18.7 Å². The predicted octanol–water partition coefficient (Wildman–Crippen LogP) is 4.19. The lowest BCUT2D eigenvalue weighted by Crippen LogP contribution is -2.35. The summed E-state index contributed by atoms with van der Waals surface area (Å²) in [7, 11) is 3.84.